The summed E-state index contributed by atoms with van der Waals surface area (Å²) in [6, 6.07) is 3.09. The highest BCUT2D eigenvalue weighted by atomic mass is 16.4. The molecule has 0 saturated heterocycles. The number of aliphatic hydroxyl groups is 1. The number of aliphatic hydroxyl groups excluding tert-OH is 1. The number of aromatic nitrogens is 1. The highest BCUT2D eigenvalue weighted by Gasteiger charge is 2.23. The molecule has 19 heavy (non-hydrogen) atoms. The molecule has 1 saturated carbocycles. The summed E-state index contributed by atoms with van der Waals surface area (Å²) in [5.74, 6) is -0.410. The van der Waals surface area contributed by atoms with E-state index in [2.05, 4.69) is 10.3 Å². The van der Waals surface area contributed by atoms with Crippen molar-refractivity contribution in [3.63, 3.8) is 0 Å². The molecule has 0 bridgehead atoms. The number of anilines is 1. The number of pyridine rings is 1. The Bertz CT molecular complexity index is 462. The molecule has 1 aliphatic rings. The average Bonchev–Trinajstić information content (AvgIpc) is 2.41. The van der Waals surface area contributed by atoms with Gasteiger partial charge in [0.15, 0.2) is 0 Å². The van der Waals surface area contributed by atoms with Gasteiger partial charge in [-0.15, -0.1) is 0 Å². The Balaban J connectivity index is 2.18. The van der Waals surface area contributed by atoms with E-state index >= 15 is 0 Å². The number of aryl methyl sites for hydroxylation is 1. The van der Waals surface area contributed by atoms with E-state index in [-0.39, 0.29) is 17.7 Å². The van der Waals surface area contributed by atoms with Crippen LogP contribution in [0.15, 0.2) is 12.1 Å². The van der Waals surface area contributed by atoms with Crippen LogP contribution < -0.4 is 5.32 Å². The number of carboxylic acid groups (broad SMARTS) is 1. The second kappa shape index (κ2) is 6.02. The predicted molar refractivity (Wildman–Crippen MR) is 72.5 cm³/mol. The van der Waals surface area contributed by atoms with E-state index in [9.17, 15) is 9.90 Å². The molecule has 0 aromatic carbocycles. The molecule has 1 aromatic rings. The van der Waals surface area contributed by atoms with Gasteiger partial charge in [-0.3, -0.25) is 0 Å². The normalized spacial score (nSPS) is 23.1. The van der Waals surface area contributed by atoms with E-state index in [1.807, 2.05) is 6.92 Å². The van der Waals surface area contributed by atoms with E-state index in [4.69, 9.17) is 5.11 Å². The summed E-state index contributed by atoms with van der Waals surface area (Å²) >= 11 is 0. The fourth-order valence-corrected chi connectivity index (χ4v) is 2.44. The van der Waals surface area contributed by atoms with Crippen LogP contribution in [0.1, 0.15) is 48.7 Å². The lowest BCUT2D eigenvalue weighted by Gasteiger charge is -2.29. The van der Waals surface area contributed by atoms with E-state index in [0.29, 0.717) is 12.2 Å². The number of aromatic carboxylic acids is 1. The van der Waals surface area contributed by atoms with Gasteiger partial charge < -0.3 is 15.5 Å². The maximum atomic E-state index is 11.1. The monoisotopic (exact) mass is 264 g/mol. The van der Waals surface area contributed by atoms with E-state index in [0.717, 1.165) is 31.4 Å². The van der Waals surface area contributed by atoms with Gasteiger partial charge >= 0.3 is 5.97 Å². The van der Waals surface area contributed by atoms with Crippen molar-refractivity contribution >= 4 is 11.8 Å². The predicted octanol–water partition coefficient (Wildman–Crippen LogP) is 2.06. The van der Waals surface area contributed by atoms with Gasteiger partial charge in [-0.1, -0.05) is 19.8 Å². The average molecular weight is 264 g/mol. The molecule has 0 amide bonds. The Morgan fingerprint density at radius 1 is 1.42 bits per heavy atom. The van der Waals surface area contributed by atoms with Crippen LogP contribution in [0.5, 0.6) is 0 Å². The van der Waals surface area contributed by atoms with Crippen molar-refractivity contribution in [1.29, 1.82) is 0 Å². The molecule has 5 heteroatoms. The standard InChI is InChI=1S/C14H20N2O3/c1-2-10-7-9(14(18)19)8-13(15-10)16-11-5-3-4-6-12(11)17/h7-8,11-12,17H,2-6H2,1H3,(H,15,16)(H,18,19). The van der Waals surface area contributed by atoms with Gasteiger partial charge in [0.25, 0.3) is 0 Å². The Kier molecular flexibility index (Phi) is 4.37. The molecule has 1 aliphatic carbocycles. The lowest BCUT2D eigenvalue weighted by atomic mass is 9.92. The summed E-state index contributed by atoms with van der Waals surface area (Å²) in [4.78, 5) is 15.5. The number of hydrogen-bond acceptors (Lipinski definition) is 4. The second-order valence-electron chi connectivity index (χ2n) is 4.99. The van der Waals surface area contributed by atoms with Crippen molar-refractivity contribution in [2.24, 2.45) is 0 Å². The van der Waals surface area contributed by atoms with Crippen molar-refractivity contribution in [1.82, 2.24) is 4.98 Å². The van der Waals surface area contributed by atoms with Crippen molar-refractivity contribution in [2.75, 3.05) is 5.32 Å². The van der Waals surface area contributed by atoms with Crippen LogP contribution in [-0.4, -0.2) is 33.3 Å². The first-order chi connectivity index (χ1) is 9.10. The van der Waals surface area contributed by atoms with Crippen LogP contribution in [0.2, 0.25) is 0 Å². The van der Waals surface area contributed by atoms with Crippen molar-refractivity contribution in [2.45, 2.75) is 51.2 Å². The summed E-state index contributed by atoms with van der Waals surface area (Å²) < 4.78 is 0. The molecular formula is C14H20N2O3. The molecule has 3 N–H and O–H groups in total. The van der Waals surface area contributed by atoms with Gasteiger partial charge in [0, 0.05) is 5.69 Å². The number of carbonyl (C=O) groups is 1. The van der Waals surface area contributed by atoms with Gasteiger partial charge in [0.2, 0.25) is 0 Å². The van der Waals surface area contributed by atoms with Gasteiger partial charge in [0.1, 0.15) is 5.82 Å². The van der Waals surface area contributed by atoms with E-state index < -0.39 is 5.97 Å². The third-order valence-electron chi connectivity index (χ3n) is 3.55. The summed E-state index contributed by atoms with van der Waals surface area (Å²) in [6.45, 7) is 1.94. The molecule has 104 valence electrons. The van der Waals surface area contributed by atoms with Crippen molar-refractivity contribution < 1.29 is 15.0 Å². The maximum Gasteiger partial charge on any atom is 0.335 e. The number of rotatable bonds is 4. The first-order valence-corrected chi connectivity index (χ1v) is 6.79. The van der Waals surface area contributed by atoms with Crippen LogP contribution >= 0.6 is 0 Å². The van der Waals surface area contributed by atoms with E-state index in [1.165, 1.54) is 6.07 Å². The Labute approximate surface area is 112 Å². The number of nitrogens with one attached hydrogen (secondary N) is 1. The van der Waals surface area contributed by atoms with Crippen LogP contribution in [0.4, 0.5) is 5.82 Å². The third-order valence-corrected chi connectivity index (χ3v) is 3.55. The third kappa shape index (κ3) is 3.44. The van der Waals surface area contributed by atoms with Gasteiger partial charge in [-0.25, -0.2) is 9.78 Å². The van der Waals surface area contributed by atoms with Crippen LogP contribution in [0, 0.1) is 0 Å². The smallest absolute Gasteiger partial charge is 0.335 e. The van der Waals surface area contributed by atoms with Gasteiger partial charge in [-0.05, 0) is 31.4 Å². The topological polar surface area (TPSA) is 82.5 Å². The summed E-state index contributed by atoms with van der Waals surface area (Å²) in [5.41, 5.74) is 0.979. The Morgan fingerprint density at radius 3 is 2.79 bits per heavy atom. The number of nitrogens with zero attached hydrogens (tertiary/aromatic N) is 1. The van der Waals surface area contributed by atoms with Crippen LogP contribution in [0.3, 0.4) is 0 Å². The first-order valence-electron chi connectivity index (χ1n) is 6.79. The largest absolute Gasteiger partial charge is 0.478 e. The molecule has 1 heterocycles. The van der Waals surface area contributed by atoms with Crippen LogP contribution in [0.25, 0.3) is 0 Å². The molecule has 0 aliphatic heterocycles. The van der Waals surface area contributed by atoms with Crippen molar-refractivity contribution in [3.05, 3.63) is 23.4 Å². The lowest BCUT2D eigenvalue weighted by molar-refractivity contribution is 0.0696. The van der Waals surface area contributed by atoms with Gasteiger partial charge in [0.05, 0.1) is 17.7 Å². The number of carboxylic acids is 1. The second-order valence-corrected chi connectivity index (χ2v) is 4.99. The van der Waals surface area contributed by atoms with Crippen LogP contribution in [-0.2, 0) is 6.42 Å². The highest BCUT2D eigenvalue weighted by molar-refractivity contribution is 5.88. The molecular weight excluding hydrogens is 244 g/mol. The molecule has 1 aromatic heterocycles. The zero-order chi connectivity index (χ0) is 13.8. The molecule has 0 spiro atoms. The molecule has 5 nitrogen and oxygen atoms in total. The van der Waals surface area contributed by atoms with E-state index in [1.54, 1.807) is 6.07 Å². The van der Waals surface area contributed by atoms with Crippen molar-refractivity contribution in [3.8, 4) is 0 Å². The first kappa shape index (κ1) is 13.8. The summed E-state index contributed by atoms with van der Waals surface area (Å²) in [5, 5.41) is 22.2. The minimum absolute atomic E-state index is 0.0324. The Morgan fingerprint density at radius 2 is 2.16 bits per heavy atom. The fourth-order valence-electron chi connectivity index (χ4n) is 2.44. The molecule has 2 rings (SSSR count). The maximum absolute atomic E-state index is 11.1. The SMILES string of the molecule is CCc1cc(C(=O)O)cc(NC2CCCCC2O)n1. The minimum atomic E-state index is -0.954. The zero-order valence-corrected chi connectivity index (χ0v) is 11.1. The summed E-state index contributed by atoms with van der Waals surface area (Å²) in [6.07, 6.45) is 4.10. The highest BCUT2D eigenvalue weighted by Crippen LogP contribution is 2.22. The molecule has 2 unspecified atom stereocenters. The Hall–Kier alpha value is -1.62. The molecule has 2 atom stereocenters. The fraction of sp³-hybridized carbons (Fsp3) is 0.571. The number of hydrogen-bond donors (Lipinski definition) is 3. The minimum Gasteiger partial charge on any atom is -0.478 e. The van der Waals surface area contributed by atoms with Gasteiger partial charge in [-0.2, -0.15) is 0 Å². The molecule has 1 fully saturated rings. The molecule has 0 radical (unpaired) electrons. The lowest BCUT2D eigenvalue weighted by Crippen LogP contribution is -2.36. The zero-order valence-electron chi connectivity index (χ0n) is 11.1. The summed E-state index contributed by atoms with van der Waals surface area (Å²) in [7, 11) is 0. The quantitative estimate of drug-likeness (QED) is 0.775.